The highest BCUT2D eigenvalue weighted by molar-refractivity contribution is 5.64. The summed E-state index contributed by atoms with van der Waals surface area (Å²) >= 11 is 0. The van der Waals surface area contributed by atoms with Crippen LogP contribution in [0.1, 0.15) is 44.9 Å². The van der Waals surface area contributed by atoms with Crippen LogP contribution in [0.5, 0.6) is 5.75 Å². The van der Waals surface area contributed by atoms with Crippen LogP contribution in [0.15, 0.2) is 49.2 Å². The maximum Gasteiger partial charge on any atom is 0.163 e. The van der Waals surface area contributed by atoms with Crippen LogP contribution in [-0.4, -0.2) is 45.5 Å². The molecule has 3 heterocycles. The Kier molecular flexibility index (Phi) is 6.34. The van der Waals surface area contributed by atoms with Gasteiger partial charge in [-0.3, -0.25) is 0 Å². The third-order valence-electron chi connectivity index (χ3n) is 6.74. The Balaban J connectivity index is 1.28. The number of hydrogen-bond acceptors (Lipinski definition) is 6. The first-order chi connectivity index (χ1) is 15.8. The highest BCUT2D eigenvalue weighted by Crippen LogP contribution is 2.30. The van der Waals surface area contributed by atoms with Crippen LogP contribution in [-0.2, 0) is 0 Å². The van der Waals surface area contributed by atoms with Crippen LogP contribution in [0.3, 0.4) is 0 Å². The van der Waals surface area contributed by atoms with E-state index in [9.17, 15) is 0 Å². The van der Waals surface area contributed by atoms with Crippen molar-refractivity contribution in [2.45, 2.75) is 51.0 Å². The third kappa shape index (κ3) is 4.78. The molecule has 2 N–H and O–H groups in total. The second-order valence-corrected chi connectivity index (χ2v) is 9.07. The van der Waals surface area contributed by atoms with Crippen molar-refractivity contribution in [1.29, 1.82) is 0 Å². The fourth-order valence-corrected chi connectivity index (χ4v) is 4.76. The topological polar surface area (TPSA) is 82.1 Å². The number of nitrogens with zero attached hydrogens (tertiary/aromatic N) is 5. The predicted molar refractivity (Wildman–Crippen MR) is 126 cm³/mol. The highest BCUT2D eigenvalue weighted by atomic mass is 16.5. The lowest BCUT2D eigenvalue weighted by atomic mass is 9.87. The summed E-state index contributed by atoms with van der Waals surface area (Å²) in [4.78, 5) is 11.1. The van der Waals surface area contributed by atoms with Gasteiger partial charge in [-0.15, -0.1) is 0 Å². The minimum absolute atomic E-state index is 0.349. The molecule has 1 aromatic carbocycles. The lowest BCUT2D eigenvalue weighted by Crippen LogP contribution is -2.29. The Morgan fingerprint density at radius 2 is 1.69 bits per heavy atom. The van der Waals surface area contributed by atoms with Crippen LogP contribution in [0.25, 0.3) is 16.9 Å². The average Bonchev–Trinajstić information content (AvgIpc) is 3.35. The number of nitrogens with two attached hydrogens (primary N) is 1. The van der Waals surface area contributed by atoms with Gasteiger partial charge in [-0.25, -0.2) is 14.6 Å². The van der Waals surface area contributed by atoms with Crippen molar-refractivity contribution in [1.82, 2.24) is 19.7 Å². The number of anilines is 1. The van der Waals surface area contributed by atoms with Gasteiger partial charge in [0.05, 0.1) is 24.7 Å². The van der Waals surface area contributed by atoms with E-state index in [0.29, 0.717) is 24.3 Å². The van der Waals surface area contributed by atoms with E-state index in [1.807, 2.05) is 17.1 Å². The predicted octanol–water partition coefficient (Wildman–Crippen LogP) is 4.22. The third-order valence-corrected chi connectivity index (χ3v) is 6.74. The lowest BCUT2D eigenvalue weighted by Gasteiger charge is -2.28. The van der Waals surface area contributed by atoms with E-state index >= 15 is 0 Å². The van der Waals surface area contributed by atoms with Crippen molar-refractivity contribution in [3.63, 3.8) is 0 Å². The van der Waals surface area contributed by atoms with Gasteiger partial charge in [-0.05, 0) is 75.1 Å². The van der Waals surface area contributed by atoms with Gasteiger partial charge < -0.3 is 15.4 Å². The molecule has 5 rings (SSSR count). The van der Waals surface area contributed by atoms with Gasteiger partial charge in [0, 0.05) is 36.6 Å². The van der Waals surface area contributed by atoms with Crippen molar-refractivity contribution >= 4 is 5.69 Å². The van der Waals surface area contributed by atoms with Crippen molar-refractivity contribution in [2.24, 2.45) is 11.7 Å². The Hall–Kier alpha value is -2.93. The maximum absolute atomic E-state index is 6.16. The van der Waals surface area contributed by atoms with Crippen LogP contribution in [0, 0.1) is 5.92 Å². The summed E-state index contributed by atoms with van der Waals surface area (Å²) in [5.41, 5.74) is 10.1. The van der Waals surface area contributed by atoms with E-state index in [0.717, 1.165) is 55.7 Å². The standard InChI is InChI=1S/C25H32N6O/c26-21-6-4-19(5-7-21)17-32-24-15-27-18-28-25(24)20-14-29-31(16-20)23-10-8-22(9-11-23)30-12-2-1-3-13-30/h8-11,14-16,18-19,21H,1-7,12-13,17,26H2. The maximum atomic E-state index is 6.16. The normalized spacial score (nSPS) is 21.5. The van der Waals surface area contributed by atoms with Gasteiger partial charge >= 0.3 is 0 Å². The molecule has 0 unspecified atom stereocenters. The van der Waals surface area contributed by atoms with E-state index in [1.165, 1.54) is 24.9 Å². The summed E-state index contributed by atoms with van der Waals surface area (Å²) in [6.07, 6.45) is 15.5. The van der Waals surface area contributed by atoms with Crippen LogP contribution >= 0.6 is 0 Å². The molecule has 0 atom stereocenters. The number of aromatic nitrogens is 4. The summed E-state index contributed by atoms with van der Waals surface area (Å²) < 4.78 is 8.05. The molecule has 2 fully saturated rings. The second kappa shape index (κ2) is 9.69. The molecular weight excluding hydrogens is 400 g/mol. The van der Waals surface area contributed by atoms with E-state index in [2.05, 4.69) is 44.2 Å². The summed E-state index contributed by atoms with van der Waals surface area (Å²) in [5, 5.41) is 4.58. The van der Waals surface area contributed by atoms with Crippen molar-refractivity contribution in [2.75, 3.05) is 24.6 Å². The Morgan fingerprint density at radius 3 is 2.47 bits per heavy atom. The molecule has 1 saturated heterocycles. The van der Waals surface area contributed by atoms with Crippen molar-refractivity contribution in [3.05, 3.63) is 49.2 Å². The molecule has 0 spiro atoms. The van der Waals surface area contributed by atoms with E-state index < -0.39 is 0 Å². The van der Waals surface area contributed by atoms with Crippen LogP contribution < -0.4 is 15.4 Å². The molecule has 168 valence electrons. The molecule has 7 nitrogen and oxygen atoms in total. The molecule has 0 bridgehead atoms. The summed E-state index contributed by atoms with van der Waals surface area (Å²) in [6, 6.07) is 8.99. The Bertz CT molecular complexity index is 1000. The molecular formula is C25H32N6O. The molecule has 1 aliphatic heterocycles. The summed E-state index contributed by atoms with van der Waals surface area (Å²) in [5.74, 6) is 1.26. The molecule has 7 heteroatoms. The molecule has 1 saturated carbocycles. The van der Waals surface area contributed by atoms with E-state index in [1.54, 1.807) is 12.5 Å². The monoisotopic (exact) mass is 432 g/mol. The summed E-state index contributed by atoms with van der Waals surface area (Å²) in [6.45, 7) is 2.98. The molecule has 2 aliphatic rings. The van der Waals surface area contributed by atoms with Gasteiger partial charge in [0.1, 0.15) is 12.0 Å². The molecule has 0 amide bonds. The molecule has 3 aromatic rings. The van der Waals surface area contributed by atoms with Crippen LogP contribution in [0.2, 0.25) is 0 Å². The fraction of sp³-hybridized carbons (Fsp3) is 0.480. The largest absolute Gasteiger partial charge is 0.489 e. The van der Waals surface area contributed by atoms with Crippen LogP contribution in [0.4, 0.5) is 5.69 Å². The molecule has 2 aromatic heterocycles. The minimum atomic E-state index is 0.349. The number of ether oxygens (including phenoxy) is 1. The lowest BCUT2D eigenvalue weighted by molar-refractivity contribution is 0.200. The zero-order valence-corrected chi connectivity index (χ0v) is 18.6. The highest BCUT2D eigenvalue weighted by Gasteiger charge is 2.20. The van der Waals surface area contributed by atoms with Gasteiger partial charge in [-0.1, -0.05) is 0 Å². The fourth-order valence-electron chi connectivity index (χ4n) is 4.76. The molecule has 0 radical (unpaired) electrons. The van der Waals surface area contributed by atoms with Gasteiger partial charge in [-0.2, -0.15) is 5.10 Å². The zero-order chi connectivity index (χ0) is 21.8. The number of hydrogen-bond donors (Lipinski definition) is 1. The smallest absolute Gasteiger partial charge is 0.163 e. The van der Waals surface area contributed by atoms with Crippen molar-refractivity contribution < 1.29 is 4.74 Å². The first kappa shape index (κ1) is 20.9. The van der Waals surface area contributed by atoms with Gasteiger partial charge in [0.2, 0.25) is 0 Å². The SMILES string of the molecule is NC1CCC(COc2cncnc2-c2cnn(-c3ccc(N4CCCCC4)cc3)c2)CC1. The average molecular weight is 433 g/mol. The van der Waals surface area contributed by atoms with Gasteiger partial charge in [0.15, 0.2) is 5.75 Å². The Labute approximate surface area is 189 Å². The first-order valence-corrected chi connectivity index (χ1v) is 11.8. The van der Waals surface area contributed by atoms with E-state index in [4.69, 9.17) is 10.5 Å². The van der Waals surface area contributed by atoms with E-state index in [-0.39, 0.29) is 0 Å². The second-order valence-electron chi connectivity index (χ2n) is 9.07. The Morgan fingerprint density at radius 1 is 0.938 bits per heavy atom. The zero-order valence-electron chi connectivity index (χ0n) is 18.6. The first-order valence-electron chi connectivity index (χ1n) is 11.8. The minimum Gasteiger partial charge on any atom is -0.489 e. The molecule has 32 heavy (non-hydrogen) atoms. The number of piperidine rings is 1. The molecule has 1 aliphatic carbocycles. The van der Waals surface area contributed by atoms with Crippen molar-refractivity contribution in [3.8, 4) is 22.7 Å². The number of rotatable bonds is 6. The van der Waals surface area contributed by atoms with Gasteiger partial charge in [0.25, 0.3) is 0 Å². The number of benzene rings is 1. The quantitative estimate of drug-likeness (QED) is 0.628. The summed E-state index contributed by atoms with van der Waals surface area (Å²) in [7, 11) is 0.